The van der Waals surface area contributed by atoms with Crippen molar-refractivity contribution in [3.63, 3.8) is 0 Å². The number of hydrogen-bond acceptors (Lipinski definition) is 5. The van der Waals surface area contributed by atoms with Crippen LogP contribution in [-0.4, -0.2) is 25.7 Å². The number of nitrogens with zero attached hydrogens (tertiary/aromatic N) is 4. The third kappa shape index (κ3) is 4.67. The number of nitrogens with one attached hydrogen (secondary N) is 1. The van der Waals surface area contributed by atoms with Crippen molar-refractivity contribution in [2.75, 3.05) is 0 Å². The van der Waals surface area contributed by atoms with Crippen LogP contribution in [0.25, 0.3) is 0 Å². The number of aryl methyl sites for hydroxylation is 2. The van der Waals surface area contributed by atoms with Gasteiger partial charge in [-0.15, -0.1) is 16.4 Å². The fraction of sp³-hybridized carbons (Fsp3) is 0.583. The van der Waals surface area contributed by atoms with E-state index in [0.717, 1.165) is 22.6 Å². The van der Waals surface area contributed by atoms with Gasteiger partial charge < -0.3 is 5.32 Å². The van der Waals surface area contributed by atoms with E-state index in [1.165, 1.54) is 4.88 Å². The monoisotopic (exact) mass is 343 g/mol. The van der Waals surface area contributed by atoms with Crippen LogP contribution in [0.2, 0.25) is 0 Å². The Labute approximate surface area is 125 Å². The number of tetrazole rings is 1. The van der Waals surface area contributed by atoms with Gasteiger partial charge in [-0.1, -0.05) is 0 Å². The Hall–Kier alpha value is -0.790. The van der Waals surface area contributed by atoms with Gasteiger partial charge in [-0.05, 0) is 59.3 Å². The van der Waals surface area contributed by atoms with Crippen molar-refractivity contribution < 1.29 is 0 Å². The Morgan fingerprint density at radius 1 is 1.37 bits per heavy atom. The highest BCUT2D eigenvalue weighted by Gasteiger charge is 2.12. The van der Waals surface area contributed by atoms with E-state index in [0.29, 0.717) is 6.54 Å². The first-order valence-corrected chi connectivity index (χ1v) is 7.79. The molecule has 0 amide bonds. The van der Waals surface area contributed by atoms with Crippen molar-refractivity contribution in [3.8, 4) is 0 Å². The SMILES string of the molecule is CC(C)(C)NCc1nnnn1CCc1ccc(Br)s1. The second kappa shape index (κ2) is 6.11. The van der Waals surface area contributed by atoms with Gasteiger partial charge in [0.05, 0.1) is 10.3 Å². The molecule has 0 fully saturated rings. The molecule has 0 spiro atoms. The summed E-state index contributed by atoms with van der Waals surface area (Å²) in [4.78, 5) is 1.33. The maximum Gasteiger partial charge on any atom is 0.165 e. The molecule has 7 heteroatoms. The maximum atomic E-state index is 4.07. The average Bonchev–Trinajstić information content (AvgIpc) is 2.91. The van der Waals surface area contributed by atoms with Crippen molar-refractivity contribution in [1.29, 1.82) is 0 Å². The summed E-state index contributed by atoms with van der Waals surface area (Å²) in [6.45, 7) is 7.88. The zero-order chi connectivity index (χ0) is 13.9. The molecule has 0 aliphatic rings. The van der Waals surface area contributed by atoms with Crippen LogP contribution in [0.15, 0.2) is 15.9 Å². The van der Waals surface area contributed by atoms with Crippen LogP contribution in [0.4, 0.5) is 0 Å². The lowest BCUT2D eigenvalue weighted by Crippen LogP contribution is -2.36. The Bertz CT molecular complexity index is 528. The molecule has 5 nitrogen and oxygen atoms in total. The largest absolute Gasteiger partial charge is 0.305 e. The van der Waals surface area contributed by atoms with Gasteiger partial charge in [-0.3, -0.25) is 0 Å². The predicted molar refractivity (Wildman–Crippen MR) is 80.1 cm³/mol. The second-order valence-corrected chi connectivity index (χ2v) is 7.93. The lowest BCUT2D eigenvalue weighted by atomic mass is 10.1. The standard InChI is InChI=1S/C12H18BrN5S/c1-12(2,3)14-8-11-15-16-17-18(11)7-6-9-4-5-10(13)19-9/h4-5,14H,6-8H2,1-3H3. The quantitative estimate of drug-likeness (QED) is 0.906. The highest BCUT2D eigenvalue weighted by atomic mass is 79.9. The normalized spacial score (nSPS) is 12.0. The summed E-state index contributed by atoms with van der Waals surface area (Å²) in [5.74, 6) is 0.880. The van der Waals surface area contributed by atoms with Gasteiger partial charge in [-0.25, -0.2) is 4.68 Å². The van der Waals surface area contributed by atoms with Gasteiger partial charge in [0, 0.05) is 23.4 Å². The molecular weight excluding hydrogens is 326 g/mol. The molecular formula is C12H18BrN5S. The molecule has 1 N–H and O–H groups in total. The third-order valence-corrected chi connectivity index (χ3v) is 4.27. The van der Waals surface area contributed by atoms with Crippen LogP contribution >= 0.6 is 27.3 Å². The fourth-order valence-corrected chi connectivity index (χ4v) is 3.04. The Morgan fingerprint density at radius 3 is 2.79 bits per heavy atom. The first-order chi connectivity index (χ1) is 8.94. The van der Waals surface area contributed by atoms with Crippen molar-refractivity contribution in [2.45, 2.75) is 45.8 Å². The van der Waals surface area contributed by atoms with Crippen LogP contribution in [-0.2, 0) is 19.5 Å². The molecule has 0 aliphatic heterocycles. The summed E-state index contributed by atoms with van der Waals surface area (Å²) >= 11 is 5.23. The van der Waals surface area contributed by atoms with E-state index in [9.17, 15) is 0 Å². The highest BCUT2D eigenvalue weighted by molar-refractivity contribution is 9.11. The molecule has 0 saturated heterocycles. The van der Waals surface area contributed by atoms with E-state index in [1.54, 1.807) is 11.3 Å². The number of hydrogen-bond donors (Lipinski definition) is 1. The minimum Gasteiger partial charge on any atom is -0.305 e. The van der Waals surface area contributed by atoms with Gasteiger partial charge in [0.2, 0.25) is 0 Å². The molecule has 19 heavy (non-hydrogen) atoms. The fourth-order valence-electron chi connectivity index (χ4n) is 1.57. The van der Waals surface area contributed by atoms with E-state index in [-0.39, 0.29) is 5.54 Å². The zero-order valence-electron chi connectivity index (χ0n) is 11.4. The Morgan fingerprint density at radius 2 is 2.16 bits per heavy atom. The molecule has 0 atom stereocenters. The van der Waals surface area contributed by atoms with Gasteiger partial charge in [0.25, 0.3) is 0 Å². The van der Waals surface area contributed by atoms with E-state index >= 15 is 0 Å². The molecule has 0 saturated carbocycles. The van der Waals surface area contributed by atoms with Crippen molar-refractivity contribution in [3.05, 3.63) is 26.6 Å². The van der Waals surface area contributed by atoms with Crippen molar-refractivity contribution >= 4 is 27.3 Å². The number of rotatable bonds is 5. The van der Waals surface area contributed by atoms with E-state index in [1.807, 2.05) is 4.68 Å². The molecule has 0 aliphatic carbocycles. The number of aromatic nitrogens is 4. The molecule has 2 heterocycles. The third-order valence-electron chi connectivity index (χ3n) is 2.58. The van der Waals surface area contributed by atoms with Crippen molar-refractivity contribution in [1.82, 2.24) is 25.5 Å². The average molecular weight is 344 g/mol. The lowest BCUT2D eigenvalue weighted by molar-refractivity contribution is 0.407. The summed E-state index contributed by atoms with van der Waals surface area (Å²) in [5.41, 5.74) is 0.0649. The molecule has 0 unspecified atom stereocenters. The van der Waals surface area contributed by atoms with Crippen LogP contribution in [0.1, 0.15) is 31.5 Å². The molecule has 104 valence electrons. The molecule has 2 aromatic heterocycles. The van der Waals surface area contributed by atoms with Crippen molar-refractivity contribution in [2.24, 2.45) is 0 Å². The molecule has 2 aromatic rings. The summed E-state index contributed by atoms with van der Waals surface area (Å²) in [6, 6.07) is 4.20. The van der Waals surface area contributed by atoms with Crippen LogP contribution < -0.4 is 5.32 Å². The smallest absolute Gasteiger partial charge is 0.165 e. The van der Waals surface area contributed by atoms with Gasteiger partial charge in [0.15, 0.2) is 5.82 Å². The molecule has 2 rings (SSSR count). The summed E-state index contributed by atoms with van der Waals surface area (Å²) in [6.07, 6.45) is 0.948. The van der Waals surface area contributed by atoms with Gasteiger partial charge in [0.1, 0.15) is 0 Å². The Balaban J connectivity index is 1.92. The van der Waals surface area contributed by atoms with E-state index in [2.05, 4.69) is 69.7 Å². The molecule has 0 bridgehead atoms. The second-order valence-electron chi connectivity index (χ2n) is 5.38. The summed E-state index contributed by atoms with van der Waals surface area (Å²) in [7, 11) is 0. The summed E-state index contributed by atoms with van der Waals surface area (Å²) < 4.78 is 3.03. The van der Waals surface area contributed by atoms with Gasteiger partial charge >= 0.3 is 0 Å². The van der Waals surface area contributed by atoms with Gasteiger partial charge in [-0.2, -0.15) is 0 Å². The zero-order valence-corrected chi connectivity index (χ0v) is 13.8. The molecule has 0 aromatic carbocycles. The first-order valence-electron chi connectivity index (χ1n) is 6.18. The minimum absolute atomic E-state index is 0.0649. The lowest BCUT2D eigenvalue weighted by Gasteiger charge is -2.19. The highest BCUT2D eigenvalue weighted by Crippen LogP contribution is 2.22. The topological polar surface area (TPSA) is 55.6 Å². The number of thiophene rings is 1. The predicted octanol–water partition coefficient (Wildman–Crippen LogP) is 2.63. The van der Waals surface area contributed by atoms with E-state index in [4.69, 9.17) is 0 Å². The molecule has 0 radical (unpaired) electrons. The van der Waals surface area contributed by atoms with Crippen LogP contribution in [0.3, 0.4) is 0 Å². The Kier molecular flexibility index (Phi) is 4.70. The first kappa shape index (κ1) is 14.6. The minimum atomic E-state index is 0.0649. The summed E-state index contributed by atoms with van der Waals surface area (Å²) in [5, 5.41) is 15.3. The van der Waals surface area contributed by atoms with Crippen LogP contribution in [0.5, 0.6) is 0 Å². The van der Waals surface area contributed by atoms with E-state index < -0.39 is 0 Å². The number of halogens is 1. The maximum absolute atomic E-state index is 4.07. The van der Waals surface area contributed by atoms with Crippen LogP contribution in [0, 0.1) is 0 Å².